The number of anilines is 2. The summed E-state index contributed by atoms with van der Waals surface area (Å²) in [5.41, 5.74) is 7.08. The van der Waals surface area contributed by atoms with E-state index in [1.165, 1.54) is 11.5 Å². The van der Waals surface area contributed by atoms with Gasteiger partial charge in [0.2, 0.25) is 0 Å². The first-order chi connectivity index (χ1) is 8.76. The zero-order valence-corrected chi connectivity index (χ0v) is 10.8. The standard InChI is InChI=1S/C12H13N5S/c1-2-17(8-9-5-3-4-6-15-9)12-10(7-13)11(14)16-18-12/h3-6H,2,8H2,1H3,(H2,14,16). The summed E-state index contributed by atoms with van der Waals surface area (Å²) in [6, 6.07) is 7.89. The molecule has 0 aromatic carbocycles. The van der Waals surface area contributed by atoms with Crippen LogP contribution in [0.1, 0.15) is 18.2 Å². The van der Waals surface area contributed by atoms with E-state index in [2.05, 4.69) is 20.3 Å². The van der Waals surface area contributed by atoms with Crippen molar-refractivity contribution in [1.82, 2.24) is 9.36 Å². The Morgan fingerprint density at radius 2 is 2.33 bits per heavy atom. The molecule has 0 radical (unpaired) electrons. The third-order valence-corrected chi connectivity index (χ3v) is 3.48. The van der Waals surface area contributed by atoms with Crippen molar-refractivity contribution < 1.29 is 0 Å². The topological polar surface area (TPSA) is 78.8 Å². The average molecular weight is 259 g/mol. The highest BCUT2D eigenvalue weighted by Crippen LogP contribution is 2.30. The average Bonchev–Trinajstić information content (AvgIpc) is 2.78. The molecule has 0 saturated heterocycles. The summed E-state index contributed by atoms with van der Waals surface area (Å²) in [5.74, 6) is 0.303. The van der Waals surface area contributed by atoms with Gasteiger partial charge in [-0.25, -0.2) is 0 Å². The molecule has 2 aromatic heterocycles. The fourth-order valence-corrected chi connectivity index (χ4v) is 2.46. The van der Waals surface area contributed by atoms with Gasteiger partial charge in [-0.1, -0.05) is 6.07 Å². The molecule has 0 saturated carbocycles. The Kier molecular flexibility index (Phi) is 3.75. The molecule has 0 fully saturated rings. The highest BCUT2D eigenvalue weighted by atomic mass is 32.1. The number of nitrogens with zero attached hydrogens (tertiary/aromatic N) is 4. The number of hydrogen-bond donors (Lipinski definition) is 1. The Bertz CT molecular complexity index is 558. The molecule has 2 heterocycles. The van der Waals surface area contributed by atoms with Crippen LogP contribution in [0.25, 0.3) is 0 Å². The molecule has 0 spiro atoms. The van der Waals surface area contributed by atoms with Gasteiger partial charge in [0.1, 0.15) is 16.6 Å². The van der Waals surface area contributed by atoms with Crippen molar-refractivity contribution in [2.24, 2.45) is 0 Å². The molecule has 0 aliphatic rings. The van der Waals surface area contributed by atoms with Crippen molar-refractivity contribution in [2.45, 2.75) is 13.5 Å². The summed E-state index contributed by atoms with van der Waals surface area (Å²) in [6.07, 6.45) is 1.76. The first kappa shape index (κ1) is 12.3. The minimum absolute atomic E-state index is 0.303. The Morgan fingerprint density at radius 3 is 2.94 bits per heavy atom. The molecule has 92 valence electrons. The van der Waals surface area contributed by atoms with Crippen LogP contribution in [0.2, 0.25) is 0 Å². The lowest BCUT2D eigenvalue weighted by atomic mass is 10.3. The first-order valence-electron chi connectivity index (χ1n) is 5.56. The maximum atomic E-state index is 9.09. The molecule has 2 aromatic rings. The largest absolute Gasteiger partial charge is 0.382 e. The molecule has 5 nitrogen and oxygen atoms in total. The molecule has 6 heteroatoms. The SMILES string of the molecule is CCN(Cc1ccccn1)c1snc(N)c1C#N. The zero-order chi connectivity index (χ0) is 13.0. The van der Waals surface area contributed by atoms with Gasteiger partial charge in [0.05, 0.1) is 12.2 Å². The predicted octanol–water partition coefficient (Wildman–Crippen LogP) is 2.02. The number of pyridine rings is 1. The van der Waals surface area contributed by atoms with Crippen molar-refractivity contribution in [1.29, 1.82) is 5.26 Å². The lowest BCUT2D eigenvalue weighted by molar-refractivity contribution is 0.817. The fourth-order valence-electron chi connectivity index (χ4n) is 1.63. The lowest BCUT2D eigenvalue weighted by Gasteiger charge is -2.20. The zero-order valence-electron chi connectivity index (χ0n) is 10.00. The van der Waals surface area contributed by atoms with Gasteiger partial charge in [-0.2, -0.15) is 9.64 Å². The number of aromatic nitrogens is 2. The second-order valence-corrected chi connectivity index (χ2v) is 4.45. The number of nitriles is 1. The van der Waals surface area contributed by atoms with E-state index in [1.807, 2.05) is 25.1 Å². The minimum Gasteiger partial charge on any atom is -0.382 e. The molecule has 0 unspecified atom stereocenters. The van der Waals surface area contributed by atoms with Gasteiger partial charge < -0.3 is 10.6 Å². The molecule has 0 atom stereocenters. The maximum absolute atomic E-state index is 9.09. The number of nitrogen functional groups attached to an aromatic ring is 1. The van der Waals surface area contributed by atoms with Gasteiger partial charge in [0.15, 0.2) is 5.82 Å². The molecule has 2 rings (SSSR count). The highest BCUT2D eigenvalue weighted by molar-refractivity contribution is 7.10. The molecule has 18 heavy (non-hydrogen) atoms. The van der Waals surface area contributed by atoms with Crippen LogP contribution in [0, 0.1) is 11.3 Å². The van der Waals surface area contributed by atoms with E-state index in [4.69, 9.17) is 11.0 Å². The summed E-state index contributed by atoms with van der Waals surface area (Å²) in [4.78, 5) is 6.33. The van der Waals surface area contributed by atoms with Crippen molar-refractivity contribution in [3.05, 3.63) is 35.7 Å². The van der Waals surface area contributed by atoms with E-state index in [1.54, 1.807) is 6.20 Å². The molecule has 2 N–H and O–H groups in total. The van der Waals surface area contributed by atoms with Gasteiger partial charge >= 0.3 is 0 Å². The first-order valence-corrected chi connectivity index (χ1v) is 6.33. The number of rotatable bonds is 4. The maximum Gasteiger partial charge on any atom is 0.157 e. The molecule has 0 bridgehead atoms. The van der Waals surface area contributed by atoms with Crippen LogP contribution in [-0.4, -0.2) is 15.9 Å². The van der Waals surface area contributed by atoms with Gasteiger partial charge in [-0.3, -0.25) is 4.98 Å². The van der Waals surface area contributed by atoms with Crippen LogP contribution in [0.4, 0.5) is 10.8 Å². The summed E-state index contributed by atoms with van der Waals surface area (Å²) in [6.45, 7) is 3.44. The van der Waals surface area contributed by atoms with Crippen molar-refractivity contribution in [3.8, 4) is 6.07 Å². The second kappa shape index (κ2) is 5.47. The Hall–Kier alpha value is -2.13. The second-order valence-electron chi connectivity index (χ2n) is 3.70. The van der Waals surface area contributed by atoms with Crippen LogP contribution in [-0.2, 0) is 6.54 Å². The van der Waals surface area contributed by atoms with Crippen LogP contribution in [0.15, 0.2) is 24.4 Å². The Morgan fingerprint density at radius 1 is 1.50 bits per heavy atom. The van der Waals surface area contributed by atoms with Gasteiger partial charge in [-0.15, -0.1) is 0 Å². The van der Waals surface area contributed by atoms with Crippen LogP contribution in [0.3, 0.4) is 0 Å². The summed E-state index contributed by atoms with van der Waals surface area (Å²) < 4.78 is 4.03. The molecular formula is C12H13N5S. The fraction of sp³-hybridized carbons (Fsp3) is 0.250. The monoisotopic (exact) mass is 259 g/mol. The van der Waals surface area contributed by atoms with Crippen molar-refractivity contribution in [3.63, 3.8) is 0 Å². The molecular weight excluding hydrogens is 246 g/mol. The van der Waals surface area contributed by atoms with E-state index in [-0.39, 0.29) is 0 Å². The van der Waals surface area contributed by atoms with Crippen LogP contribution < -0.4 is 10.6 Å². The van der Waals surface area contributed by atoms with Crippen LogP contribution >= 0.6 is 11.5 Å². The van der Waals surface area contributed by atoms with Gasteiger partial charge in [0.25, 0.3) is 0 Å². The quantitative estimate of drug-likeness (QED) is 0.908. The Labute approximate surface area is 110 Å². The molecule has 0 amide bonds. The number of nitrogens with two attached hydrogens (primary N) is 1. The normalized spacial score (nSPS) is 10.0. The van der Waals surface area contributed by atoms with Gasteiger partial charge in [-0.05, 0) is 30.6 Å². The highest BCUT2D eigenvalue weighted by Gasteiger charge is 2.17. The minimum atomic E-state index is 0.303. The number of hydrogen-bond acceptors (Lipinski definition) is 6. The van der Waals surface area contributed by atoms with Crippen molar-refractivity contribution >= 4 is 22.4 Å². The van der Waals surface area contributed by atoms with E-state index in [9.17, 15) is 0 Å². The van der Waals surface area contributed by atoms with E-state index in [0.29, 0.717) is 17.9 Å². The van der Waals surface area contributed by atoms with E-state index >= 15 is 0 Å². The van der Waals surface area contributed by atoms with E-state index in [0.717, 1.165) is 17.2 Å². The van der Waals surface area contributed by atoms with Gasteiger partial charge in [0, 0.05) is 12.7 Å². The summed E-state index contributed by atoms with van der Waals surface area (Å²) in [5, 5.41) is 9.90. The molecule has 0 aliphatic heterocycles. The summed E-state index contributed by atoms with van der Waals surface area (Å²) in [7, 11) is 0. The van der Waals surface area contributed by atoms with E-state index < -0.39 is 0 Å². The van der Waals surface area contributed by atoms with Crippen LogP contribution in [0.5, 0.6) is 0 Å². The summed E-state index contributed by atoms with van der Waals surface area (Å²) >= 11 is 1.25. The predicted molar refractivity (Wildman–Crippen MR) is 72.2 cm³/mol. The third kappa shape index (κ3) is 2.41. The third-order valence-electron chi connectivity index (χ3n) is 2.56. The molecule has 0 aliphatic carbocycles. The Balaban J connectivity index is 2.27. The van der Waals surface area contributed by atoms with Crippen molar-refractivity contribution in [2.75, 3.05) is 17.2 Å². The lowest BCUT2D eigenvalue weighted by Crippen LogP contribution is -2.22. The smallest absolute Gasteiger partial charge is 0.157 e.